The quantitative estimate of drug-likeness (QED) is 0.521. The van der Waals surface area contributed by atoms with Gasteiger partial charge in [-0.3, -0.25) is 4.79 Å². The minimum Gasteiger partial charge on any atom is -0.334 e. The lowest BCUT2D eigenvalue weighted by atomic mass is 10.1. The van der Waals surface area contributed by atoms with Crippen molar-refractivity contribution in [2.24, 2.45) is 0 Å². The Morgan fingerprint density at radius 1 is 1.08 bits per heavy atom. The molecule has 4 aromatic rings. The van der Waals surface area contributed by atoms with Crippen molar-refractivity contribution in [2.75, 3.05) is 0 Å². The summed E-state index contributed by atoms with van der Waals surface area (Å²) in [7, 11) is 0. The van der Waals surface area contributed by atoms with Gasteiger partial charge in [-0.1, -0.05) is 30.3 Å². The van der Waals surface area contributed by atoms with Crippen LogP contribution in [-0.2, 0) is 6.54 Å². The Morgan fingerprint density at radius 3 is 2.58 bits per heavy atom. The van der Waals surface area contributed by atoms with Crippen molar-refractivity contribution in [2.45, 2.75) is 13.5 Å². The van der Waals surface area contributed by atoms with Gasteiger partial charge in [0, 0.05) is 22.8 Å². The number of pyridine rings is 1. The fourth-order valence-corrected chi connectivity index (χ4v) is 3.29. The number of benzene rings is 2. The van der Waals surface area contributed by atoms with E-state index in [1.54, 1.807) is 12.1 Å². The highest BCUT2D eigenvalue weighted by Gasteiger charge is 2.14. The largest absolute Gasteiger partial charge is 0.334 e. The zero-order valence-electron chi connectivity index (χ0n) is 13.2. The number of halogens is 1. The second-order valence-corrected chi connectivity index (χ2v) is 5.88. The number of carbonyl (C=O) groups is 1. The molecule has 0 unspecified atom stereocenters. The molecular formula is C20H15FN2O. The zero-order valence-corrected chi connectivity index (χ0v) is 13.2. The van der Waals surface area contributed by atoms with Gasteiger partial charge >= 0.3 is 0 Å². The number of rotatable bonds is 3. The number of nitrogens with zero attached hydrogens (tertiary/aromatic N) is 2. The molecule has 0 atom stereocenters. The molecule has 4 heteroatoms. The Hall–Kier alpha value is -3.01. The normalized spacial score (nSPS) is 11.2. The lowest BCUT2D eigenvalue weighted by Gasteiger charge is -2.09. The third kappa shape index (κ3) is 2.27. The molecule has 3 nitrogen and oxygen atoms in total. The molecule has 0 spiro atoms. The molecule has 0 amide bonds. The predicted molar refractivity (Wildman–Crippen MR) is 92.9 cm³/mol. The summed E-state index contributed by atoms with van der Waals surface area (Å²) in [6, 6.07) is 16.4. The number of hydrogen-bond donors (Lipinski definition) is 0. The lowest BCUT2D eigenvalue weighted by Crippen LogP contribution is -2.02. The maximum Gasteiger partial charge on any atom is 0.168 e. The number of fused-ring (bicyclic) bond motifs is 3. The Morgan fingerprint density at radius 2 is 1.83 bits per heavy atom. The average molecular weight is 318 g/mol. The maximum atomic E-state index is 13.2. The molecule has 0 aliphatic heterocycles. The lowest BCUT2D eigenvalue weighted by molar-refractivity contribution is 0.111. The van der Waals surface area contributed by atoms with Gasteiger partial charge in [0.25, 0.3) is 0 Å². The van der Waals surface area contributed by atoms with Crippen LogP contribution in [0.1, 0.15) is 21.7 Å². The topological polar surface area (TPSA) is 34.9 Å². The minimum absolute atomic E-state index is 0.241. The van der Waals surface area contributed by atoms with Crippen LogP contribution in [-0.4, -0.2) is 15.8 Å². The van der Waals surface area contributed by atoms with Crippen molar-refractivity contribution in [1.82, 2.24) is 9.55 Å². The van der Waals surface area contributed by atoms with Gasteiger partial charge in [-0.2, -0.15) is 0 Å². The SMILES string of the molecule is Cc1nc(C=O)cc2c3ccccc3n(Cc3ccc(F)cc3)c12. The predicted octanol–water partition coefficient (Wildman–Crippen LogP) is 4.50. The van der Waals surface area contributed by atoms with Gasteiger partial charge in [0.1, 0.15) is 11.5 Å². The Bertz CT molecular complexity index is 1060. The first kappa shape index (κ1) is 14.6. The molecule has 0 fully saturated rings. The molecular weight excluding hydrogens is 303 g/mol. The van der Waals surface area contributed by atoms with E-state index in [1.165, 1.54) is 12.1 Å². The van der Waals surface area contributed by atoms with Crippen molar-refractivity contribution in [3.63, 3.8) is 0 Å². The number of carbonyl (C=O) groups excluding carboxylic acids is 1. The number of para-hydroxylation sites is 1. The molecule has 0 saturated heterocycles. The Kier molecular flexibility index (Phi) is 3.38. The molecule has 0 N–H and O–H groups in total. The summed E-state index contributed by atoms with van der Waals surface area (Å²) < 4.78 is 15.3. The van der Waals surface area contributed by atoms with Crippen molar-refractivity contribution in [3.05, 3.63) is 77.4 Å². The first-order valence-corrected chi connectivity index (χ1v) is 7.75. The van der Waals surface area contributed by atoms with Crippen LogP contribution < -0.4 is 0 Å². The van der Waals surface area contributed by atoms with Crippen LogP contribution in [0.3, 0.4) is 0 Å². The van der Waals surface area contributed by atoms with Crippen LogP contribution in [0, 0.1) is 12.7 Å². The molecule has 2 aromatic heterocycles. The molecule has 2 aromatic carbocycles. The van der Waals surface area contributed by atoms with E-state index in [-0.39, 0.29) is 5.82 Å². The van der Waals surface area contributed by atoms with Crippen LogP contribution in [0.5, 0.6) is 0 Å². The highest BCUT2D eigenvalue weighted by molar-refractivity contribution is 6.09. The van der Waals surface area contributed by atoms with Crippen LogP contribution >= 0.6 is 0 Å². The van der Waals surface area contributed by atoms with E-state index in [0.717, 1.165) is 39.3 Å². The second-order valence-electron chi connectivity index (χ2n) is 5.88. The summed E-state index contributed by atoms with van der Waals surface area (Å²) in [5.74, 6) is -0.241. The molecule has 0 aliphatic carbocycles. The minimum atomic E-state index is -0.241. The zero-order chi connectivity index (χ0) is 16.7. The summed E-state index contributed by atoms with van der Waals surface area (Å²) >= 11 is 0. The van der Waals surface area contributed by atoms with Gasteiger partial charge in [0.2, 0.25) is 0 Å². The Balaban J connectivity index is 2.01. The molecule has 2 heterocycles. The highest BCUT2D eigenvalue weighted by Crippen LogP contribution is 2.31. The summed E-state index contributed by atoms with van der Waals surface area (Å²) in [5, 5.41) is 2.10. The van der Waals surface area contributed by atoms with Crippen molar-refractivity contribution >= 4 is 28.1 Å². The summed E-state index contributed by atoms with van der Waals surface area (Å²) in [5.41, 5.74) is 4.34. The van der Waals surface area contributed by atoms with Crippen molar-refractivity contribution in [3.8, 4) is 0 Å². The van der Waals surface area contributed by atoms with Crippen molar-refractivity contribution < 1.29 is 9.18 Å². The highest BCUT2D eigenvalue weighted by atomic mass is 19.1. The number of aldehydes is 1. The maximum absolute atomic E-state index is 13.2. The monoisotopic (exact) mass is 318 g/mol. The van der Waals surface area contributed by atoms with Gasteiger partial charge in [0.05, 0.1) is 11.2 Å². The standard InChI is InChI=1S/C20H15FN2O/c1-13-20-18(10-16(12-24)22-13)17-4-2-3-5-19(17)23(20)11-14-6-8-15(21)9-7-14/h2-10,12H,11H2,1H3. The van der Waals surface area contributed by atoms with E-state index >= 15 is 0 Å². The Labute approximate surface area is 138 Å². The average Bonchev–Trinajstić information content (AvgIpc) is 2.91. The van der Waals surface area contributed by atoms with E-state index in [9.17, 15) is 9.18 Å². The van der Waals surface area contributed by atoms with Gasteiger partial charge in [0.15, 0.2) is 6.29 Å². The van der Waals surface area contributed by atoms with Crippen LogP contribution in [0.15, 0.2) is 54.6 Å². The fourth-order valence-electron chi connectivity index (χ4n) is 3.29. The summed E-state index contributed by atoms with van der Waals surface area (Å²) in [6.07, 6.45) is 0.776. The van der Waals surface area contributed by atoms with Crippen LogP contribution in [0.25, 0.3) is 21.8 Å². The molecule has 118 valence electrons. The van der Waals surface area contributed by atoms with Crippen molar-refractivity contribution in [1.29, 1.82) is 0 Å². The first-order chi connectivity index (χ1) is 11.7. The molecule has 4 rings (SSSR count). The first-order valence-electron chi connectivity index (χ1n) is 7.75. The van der Waals surface area contributed by atoms with E-state index < -0.39 is 0 Å². The van der Waals surface area contributed by atoms with E-state index in [1.807, 2.05) is 31.2 Å². The van der Waals surface area contributed by atoms with E-state index in [0.29, 0.717) is 12.2 Å². The smallest absolute Gasteiger partial charge is 0.168 e. The summed E-state index contributed by atoms with van der Waals surface area (Å²) in [6.45, 7) is 2.53. The third-order valence-corrected chi connectivity index (χ3v) is 4.32. The fraction of sp³-hybridized carbons (Fsp3) is 0.100. The van der Waals surface area contributed by atoms with Gasteiger partial charge in [-0.15, -0.1) is 0 Å². The van der Waals surface area contributed by atoms with Gasteiger partial charge < -0.3 is 4.57 Å². The number of aromatic nitrogens is 2. The summed E-state index contributed by atoms with van der Waals surface area (Å²) in [4.78, 5) is 15.5. The molecule has 24 heavy (non-hydrogen) atoms. The number of hydrogen-bond acceptors (Lipinski definition) is 2. The molecule has 0 radical (unpaired) electrons. The second kappa shape index (κ2) is 5.57. The van der Waals surface area contributed by atoms with E-state index in [4.69, 9.17) is 0 Å². The van der Waals surface area contributed by atoms with E-state index in [2.05, 4.69) is 15.6 Å². The number of aryl methyl sites for hydroxylation is 1. The van der Waals surface area contributed by atoms with Crippen LogP contribution in [0.2, 0.25) is 0 Å². The molecule has 0 bridgehead atoms. The molecule has 0 saturated carbocycles. The van der Waals surface area contributed by atoms with Crippen LogP contribution in [0.4, 0.5) is 4.39 Å². The van der Waals surface area contributed by atoms with Gasteiger partial charge in [-0.25, -0.2) is 9.37 Å². The van der Waals surface area contributed by atoms with Gasteiger partial charge in [-0.05, 0) is 36.8 Å². The molecule has 0 aliphatic rings. The third-order valence-electron chi connectivity index (χ3n) is 4.32.